The lowest BCUT2D eigenvalue weighted by Crippen LogP contribution is -2.51. The van der Waals surface area contributed by atoms with Crippen molar-refractivity contribution in [2.45, 2.75) is 32.4 Å². The summed E-state index contributed by atoms with van der Waals surface area (Å²) in [6.45, 7) is 2.39. The summed E-state index contributed by atoms with van der Waals surface area (Å²) in [4.78, 5) is 28.3. The number of carbonyl (C=O) groups is 2. The normalized spacial score (nSPS) is 11.5. The Labute approximate surface area is 220 Å². The second-order valence-electron chi connectivity index (χ2n) is 8.01. The summed E-state index contributed by atoms with van der Waals surface area (Å²) in [5.74, 6) is -0.106. The van der Waals surface area contributed by atoms with Gasteiger partial charge in [0, 0.05) is 24.5 Å². The van der Waals surface area contributed by atoms with Crippen LogP contribution < -0.4 is 10.1 Å². The zero-order valence-corrected chi connectivity index (χ0v) is 21.6. The van der Waals surface area contributed by atoms with Crippen LogP contribution in [0.25, 0.3) is 0 Å². The quantitative estimate of drug-likeness (QED) is 0.320. The first-order valence-corrected chi connectivity index (χ1v) is 12.4. The minimum Gasteiger partial charge on any atom is -0.484 e. The number of nitrogens with one attached hydrogen (secondary N) is 1. The number of rotatable bonds is 11. The molecule has 3 aromatic rings. The van der Waals surface area contributed by atoms with Crippen LogP contribution in [0.1, 0.15) is 24.5 Å². The van der Waals surface area contributed by atoms with Crippen LogP contribution in [-0.2, 0) is 22.6 Å². The van der Waals surface area contributed by atoms with Crippen molar-refractivity contribution in [2.75, 3.05) is 13.2 Å². The molecule has 0 unspecified atom stereocenters. The lowest BCUT2D eigenvalue weighted by Gasteiger charge is -2.31. The van der Waals surface area contributed by atoms with E-state index in [1.54, 1.807) is 42.5 Å². The lowest BCUT2D eigenvalue weighted by atomic mass is 10.0. The molecule has 2 amide bonds. The Morgan fingerprint density at radius 1 is 0.914 bits per heavy atom. The molecule has 0 aliphatic rings. The molecule has 35 heavy (non-hydrogen) atoms. The molecular weight excluding hydrogens is 507 g/mol. The zero-order chi connectivity index (χ0) is 25.2. The molecule has 0 radical (unpaired) electrons. The molecular formula is C27H27Cl3N2O3. The Morgan fingerprint density at radius 2 is 1.69 bits per heavy atom. The zero-order valence-electron chi connectivity index (χ0n) is 19.3. The second kappa shape index (κ2) is 13.4. The summed E-state index contributed by atoms with van der Waals surface area (Å²) in [5, 5.41) is 4.23. The summed E-state index contributed by atoms with van der Waals surface area (Å²) < 4.78 is 5.72. The van der Waals surface area contributed by atoms with Crippen LogP contribution in [0.5, 0.6) is 5.75 Å². The summed E-state index contributed by atoms with van der Waals surface area (Å²) in [6, 6.07) is 20.8. The van der Waals surface area contributed by atoms with E-state index < -0.39 is 6.04 Å². The molecule has 0 aliphatic heterocycles. The molecule has 5 nitrogen and oxygen atoms in total. The average molecular weight is 534 g/mol. The predicted molar refractivity (Wildman–Crippen MR) is 141 cm³/mol. The van der Waals surface area contributed by atoms with Gasteiger partial charge in [0.05, 0.1) is 10.0 Å². The molecule has 0 fully saturated rings. The Balaban J connectivity index is 1.91. The highest BCUT2D eigenvalue weighted by molar-refractivity contribution is 6.42. The number of ether oxygens (including phenoxy) is 1. The van der Waals surface area contributed by atoms with Crippen LogP contribution in [0.2, 0.25) is 15.1 Å². The van der Waals surface area contributed by atoms with Crippen molar-refractivity contribution in [2.24, 2.45) is 0 Å². The number of halogens is 3. The smallest absolute Gasteiger partial charge is 0.261 e. The van der Waals surface area contributed by atoms with Gasteiger partial charge in [-0.25, -0.2) is 0 Å². The molecule has 8 heteroatoms. The summed E-state index contributed by atoms with van der Waals surface area (Å²) in [5.41, 5.74) is 1.68. The first-order valence-electron chi connectivity index (χ1n) is 11.3. The third-order valence-corrected chi connectivity index (χ3v) is 6.29. The highest BCUT2D eigenvalue weighted by Crippen LogP contribution is 2.24. The number of hydrogen-bond acceptors (Lipinski definition) is 3. The average Bonchev–Trinajstić information content (AvgIpc) is 2.86. The summed E-state index contributed by atoms with van der Waals surface area (Å²) >= 11 is 18.3. The Bertz CT molecular complexity index is 1140. The fourth-order valence-corrected chi connectivity index (χ4v) is 4.04. The van der Waals surface area contributed by atoms with Gasteiger partial charge in [-0.3, -0.25) is 9.59 Å². The number of carbonyl (C=O) groups excluding carboxylic acids is 2. The molecule has 184 valence electrons. The van der Waals surface area contributed by atoms with E-state index in [1.165, 1.54) is 4.90 Å². The number of hydrogen-bond donors (Lipinski definition) is 1. The van der Waals surface area contributed by atoms with Crippen molar-refractivity contribution in [3.8, 4) is 5.75 Å². The molecule has 0 spiro atoms. The lowest BCUT2D eigenvalue weighted by molar-refractivity contribution is -0.142. The highest BCUT2D eigenvalue weighted by atomic mass is 35.5. The van der Waals surface area contributed by atoms with Gasteiger partial charge in [-0.15, -0.1) is 0 Å². The van der Waals surface area contributed by atoms with E-state index >= 15 is 0 Å². The van der Waals surface area contributed by atoms with Crippen LogP contribution in [-0.4, -0.2) is 35.9 Å². The van der Waals surface area contributed by atoms with Crippen molar-refractivity contribution in [1.82, 2.24) is 10.2 Å². The minimum atomic E-state index is -0.756. The minimum absolute atomic E-state index is 0.158. The molecule has 1 atom stereocenters. The van der Waals surface area contributed by atoms with Gasteiger partial charge in [-0.05, 0) is 47.9 Å². The van der Waals surface area contributed by atoms with Gasteiger partial charge < -0.3 is 15.0 Å². The van der Waals surface area contributed by atoms with Gasteiger partial charge in [-0.2, -0.15) is 0 Å². The predicted octanol–water partition coefficient (Wildman–Crippen LogP) is 6.19. The maximum absolute atomic E-state index is 13.5. The largest absolute Gasteiger partial charge is 0.484 e. The molecule has 0 saturated heterocycles. The van der Waals surface area contributed by atoms with Crippen LogP contribution in [0.15, 0.2) is 72.8 Å². The molecule has 0 aromatic heterocycles. The summed E-state index contributed by atoms with van der Waals surface area (Å²) in [7, 11) is 0. The van der Waals surface area contributed by atoms with Gasteiger partial charge in [-0.1, -0.05) is 84.2 Å². The van der Waals surface area contributed by atoms with Crippen molar-refractivity contribution >= 4 is 46.6 Å². The van der Waals surface area contributed by atoms with Crippen LogP contribution >= 0.6 is 34.8 Å². The van der Waals surface area contributed by atoms with Gasteiger partial charge in [0.15, 0.2) is 6.61 Å². The Morgan fingerprint density at radius 3 is 2.37 bits per heavy atom. The molecule has 0 aliphatic carbocycles. The Hall–Kier alpha value is -2.73. The van der Waals surface area contributed by atoms with Crippen molar-refractivity contribution in [3.63, 3.8) is 0 Å². The van der Waals surface area contributed by atoms with Crippen molar-refractivity contribution < 1.29 is 14.3 Å². The molecule has 1 N–H and O–H groups in total. The first kappa shape index (κ1) is 26.9. The van der Waals surface area contributed by atoms with Gasteiger partial charge in [0.25, 0.3) is 5.91 Å². The third-order valence-electron chi connectivity index (χ3n) is 5.32. The van der Waals surface area contributed by atoms with E-state index in [0.29, 0.717) is 33.8 Å². The fourth-order valence-electron chi connectivity index (χ4n) is 3.54. The van der Waals surface area contributed by atoms with E-state index in [1.807, 2.05) is 37.3 Å². The topological polar surface area (TPSA) is 58.6 Å². The van der Waals surface area contributed by atoms with Gasteiger partial charge in [0.2, 0.25) is 5.91 Å². The Kier molecular flexibility index (Phi) is 10.3. The van der Waals surface area contributed by atoms with Crippen LogP contribution in [0, 0.1) is 0 Å². The standard InChI is InChI=1S/C27H27Cl3N2O3/c1-2-13-31-27(34)25(15-19-7-4-3-5-8-19)32(17-20-11-12-23(29)24(30)14-20)26(33)18-35-22-10-6-9-21(28)16-22/h3-12,14,16,25H,2,13,15,17-18H2,1H3,(H,31,34)/t25-/m0/s1. The summed E-state index contributed by atoms with van der Waals surface area (Å²) in [6.07, 6.45) is 1.13. The van der Waals surface area contributed by atoms with E-state index in [0.717, 1.165) is 17.5 Å². The van der Waals surface area contributed by atoms with Gasteiger partial charge >= 0.3 is 0 Å². The van der Waals surface area contributed by atoms with E-state index in [2.05, 4.69) is 5.32 Å². The maximum atomic E-state index is 13.5. The van der Waals surface area contributed by atoms with E-state index in [4.69, 9.17) is 39.5 Å². The monoisotopic (exact) mass is 532 g/mol. The van der Waals surface area contributed by atoms with Crippen molar-refractivity contribution in [3.05, 3.63) is 99.0 Å². The SMILES string of the molecule is CCCNC(=O)[C@H](Cc1ccccc1)N(Cc1ccc(Cl)c(Cl)c1)C(=O)COc1cccc(Cl)c1. The molecule has 0 heterocycles. The van der Waals surface area contributed by atoms with Crippen LogP contribution in [0.4, 0.5) is 0 Å². The number of nitrogens with zero attached hydrogens (tertiary/aromatic N) is 1. The molecule has 0 bridgehead atoms. The van der Waals surface area contributed by atoms with E-state index in [9.17, 15) is 9.59 Å². The number of benzene rings is 3. The van der Waals surface area contributed by atoms with Crippen molar-refractivity contribution in [1.29, 1.82) is 0 Å². The van der Waals surface area contributed by atoms with Gasteiger partial charge in [0.1, 0.15) is 11.8 Å². The van der Waals surface area contributed by atoms with Crippen LogP contribution in [0.3, 0.4) is 0 Å². The molecule has 0 saturated carbocycles. The number of amides is 2. The fraction of sp³-hybridized carbons (Fsp3) is 0.259. The van der Waals surface area contributed by atoms with E-state index in [-0.39, 0.29) is 25.0 Å². The first-order chi connectivity index (χ1) is 16.9. The third kappa shape index (κ3) is 8.17. The maximum Gasteiger partial charge on any atom is 0.261 e. The molecule has 3 rings (SSSR count). The molecule has 3 aromatic carbocycles. The highest BCUT2D eigenvalue weighted by Gasteiger charge is 2.30. The second-order valence-corrected chi connectivity index (χ2v) is 9.26.